The number of rotatable bonds is 2. The van der Waals surface area contributed by atoms with Crippen molar-refractivity contribution in [2.45, 2.75) is 26.7 Å². The first kappa shape index (κ1) is 11.5. The zero-order chi connectivity index (χ0) is 11.5. The van der Waals surface area contributed by atoms with Gasteiger partial charge in [-0.25, -0.2) is 0 Å². The van der Waals surface area contributed by atoms with Gasteiger partial charge in [-0.3, -0.25) is 0 Å². The topological polar surface area (TPSA) is 23.5 Å². The molecule has 1 saturated heterocycles. The smallest absolute Gasteiger partial charge is 0.0476 e. The molecule has 1 aromatic carbocycles. The van der Waals surface area contributed by atoms with Gasteiger partial charge in [-0.05, 0) is 55.9 Å². The third kappa shape index (κ3) is 2.56. The van der Waals surface area contributed by atoms with Gasteiger partial charge in [-0.2, -0.15) is 0 Å². The summed E-state index contributed by atoms with van der Waals surface area (Å²) in [7, 11) is 0. The molecule has 2 rings (SSSR count). The second-order valence-electron chi connectivity index (χ2n) is 4.98. The maximum Gasteiger partial charge on any atom is 0.0476 e. The van der Waals surface area contributed by atoms with Gasteiger partial charge >= 0.3 is 0 Å². The van der Waals surface area contributed by atoms with Crippen LogP contribution in [0.4, 0.5) is 5.69 Å². The molecule has 16 heavy (non-hydrogen) atoms. The molecule has 1 heterocycles. The first-order chi connectivity index (χ1) is 7.69. The molecular formula is C14H21NO. The predicted molar refractivity (Wildman–Crippen MR) is 67.9 cm³/mol. The Labute approximate surface area is 97.9 Å². The molecule has 1 unspecified atom stereocenters. The van der Waals surface area contributed by atoms with Gasteiger partial charge in [-0.15, -0.1) is 0 Å². The molecule has 0 spiro atoms. The molecule has 2 heteroatoms. The Kier molecular flexibility index (Phi) is 3.49. The third-order valence-corrected chi connectivity index (χ3v) is 3.35. The van der Waals surface area contributed by atoms with Crippen LogP contribution in [0.3, 0.4) is 0 Å². The van der Waals surface area contributed by atoms with E-state index in [2.05, 4.69) is 36.9 Å². The van der Waals surface area contributed by atoms with E-state index in [4.69, 9.17) is 0 Å². The van der Waals surface area contributed by atoms with Crippen molar-refractivity contribution >= 4 is 5.69 Å². The Hall–Kier alpha value is -1.02. The molecular weight excluding hydrogens is 198 g/mol. The summed E-state index contributed by atoms with van der Waals surface area (Å²) in [4.78, 5) is 2.41. The summed E-state index contributed by atoms with van der Waals surface area (Å²) in [6.07, 6.45) is 2.36. The summed E-state index contributed by atoms with van der Waals surface area (Å²) in [6.45, 7) is 6.73. The van der Waals surface area contributed by atoms with E-state index in [1.807, 2.05) is 0 Å². The molecule has 1 N–H and O–H groups in total. The fraction of sp³-hybridized carbons (Fsp3) is 0.571. The van der Waals surface area contributed by atoms with Crippen LogP contribution in [0, 0.1) is 19.8 Å². The molecule has 1 aliphatic heterocycles. The van der Waals surface area contributed by atoms with E-state index in [9.17, 15) is 5.11 Å². The minimum absolute atomic E-state index is 0.321. The van der Waals surface area contributed by atoms with Crippen LogP contribution in [0.1, 0.15) is 24.0 Å². The predicted octanol–water partition coefficient (Wildman–Crippen LogP) is 2.51. The van der Waals surface area contributed by atoms with Crippen molar-refractivity contribution in [2.75, 3.05) is 24.6 Å². The van der Waals surface area contributed by atoms with Gasteiger partial charge < -0.3 is 10.0 Å². The van der Waals surface area contributed by atoms with Crippen LogP contribution in [-0.4, -0.2) is 24.8 Å². The number of nitrogens with zero attached hydrogens (tertiary/aromatic N) is 1. The van der Waals surface area contributed by atoms with Gasteiger partial charge in [0.25, 0.3) is 0 Å². The zero-order valence-electron chi connectivity index (χ0n) is 10.2. The third-order valence-electron chi connectivity index (χ3n) is 3.35. The fourth-order valence-electron chi connectivity index (χ4n) is 2.58. The Morgan fingerprint density at radius 2 is 1.94 bits per heavy atom. The molecule has 0 radical (unpaired) electrons. The van der Waals surface area contributed by atoms with Gasteiger partial charge in [0.1, 0.15) is 0 Å². The highest BCUT2D eigenvalue weighted by atomic mass is 16.3. The van der Waals surface area contributed by atoms with Gasteiger partial charge in [0.15, 0.2) is 0 Å². The number of hydrogen-bond donors (Lipinski definition) is 1. The summed E-state index contributed by atoms with van der Waals surface area (Å²) in [6, 6.07) is 6.69. The van der Waals surface area contributed by atoms with Gasteiger partial charge in [0.05, 0.1) is 0 Å². The minimum atomic E-state index is 0.321. The molecule has 0 bridgehead atoms. The lowest BCUT2D eigenvalue weighted by atomic mass is 9.98. The molecule has 1 atom stereocenters. The zero-order valence-corrected chi connectivity index (χ0v) is 10.2. The van der Waals surface area contributed by atoms with Crippen LogP contribution in [0.25, 0.3) is 0 Å². The molecule has 0 amide bonds. The van der Waals surface area contributed by atoms with Crippen molar-refractivity contribution in [3.05, 3.63) is 29.3 Å². The number of aliphatic hydroxyl groups is 1. The van der Waals surface area contributed by atoms with E-state index in [-0.39, 0.29) is 0 Å². The van der Waals surface area contributed by atoms with E-state index in [0.29, 0.717) is 12.5 Å². The molecule has 2 nitrogen and oxygen atoms in total. The van der Waals surface area contributed by atoms with E-state index < -0.39 is 0 Å². The maximum absolute atomic E-state index is 9.24. The number of aliphatic hydroxyl groups excluding tert-OH is 1. The van der Waals surface area contributed by atoms with Crippen molar-refractivity contribution < 1.29 is 5.11 Å². The molecule has 0 saturated carbocycles. The number of hydrogen-bond acceptors (Lipinski definition) is 2. The summed E-state index contributed by atoms with van der Waals surface area (Å²) >= 11 is 0. The van der Waals surface area contributed by atoms with Crippen LogP contribution in [0.2, 0.25) is 0 Å². The quantitative estimate of drug-likeness (QED) is 0.826. The average molecular weight is 219 g/mol. The molecule has 1 aromatic rings. The van der Waals surface area contributed by atoms with Crippen LogP contribution >= 0.6 is 0 Å². The fourth-order valence-corrected chi connectivity index (χ4v) is 2.58. The normalized spacial score (nSPS) is 21.2. The highest BCUT2D eigenvalue weighted by Gasteiger charge is 2.19. The lowest BCUT2D eigenvalue weighted by molar-refractivity contribution is 0.208. The monoisotopic (exact) mass is 219 g/mol. The van der Waals surface area contributed by atoms with E-state index in [0.717, 1.165) is 19.5 Å². The molecule has 88 valence electrons. The number of anilines is 1. The van der Waals surface area contributed by atoms with E-state index in [1.54, 1.807) is 0 Å². The number of aryl methyl sites for hydroxylation is 2. The summed E-state index contributed by atoms with van der Waals surface area (Å²) in [5.74, 6) is 0.453. The first-order valence-corrected chi connectivity index (χ1v) is 6.13. The van der Waals surface area contributed by atoms with Crippen molar-refractivity contribution in [3.8, 4) is 0 Å². The minimum Gasteiger partial charge on any atom is -0.396 e. The highest BCUT2D eigenvalue weighted by Crippen LogP contribution is 2.24. The molecule has 1 fully saturated rings. The second kappa shape index (κ2) is 4.88. The summed E-state index contributed by atoms with van der Waals surface area (Å²) in [5.41, 5.74) is 3.96. The van der Waals surface area contributed by atoms with Crippen LogP contribution in [0.5, 0.6) is 0 Å². The van der Waals surface area contributed by atoms with Crippen molar-refractivity contribution in [1.29, 1.82) is 0 Å². The Bertz CT molecular complexity index is 342. The Balaban J connectivity index is 2.16. The van der Waals surface area contributed by atoms with Crippen LogP contribution in [-0.2, 0) is 0 Å². The highest BCUT2D eigenvalue weighted by molar-refractivity contribution is 5.51. The second-order valence-corrected chi connectivity index (χ2v) is 4.98. The number of benzene rings is 1. The van der Waals surface area contributed by atoms with Gasteiger partial charge in [0, 0.05) is 25.4 Å². The maximum atomic E-state index is 9.24. The van der Waals surface area contributed by atoms with Crippen molar-refractivity contribution in [3.63, 3.8) is 0 Å². The average Bonchev–Trinajstić information content (AvgIpc) is 2.28. The lowest BCUT2D eigenvalue weighted by Crippen LogP contribution is -2.36. The van der Waals surface area contributed by atoms with E-state index >= 15 is 0 Å². The molecule has 1 aliphatic rings. The van der Waals surface area contributed by atoms with Crippen molar-refractivity contribution in [2.24, 2.45) is 5.92 Å². The lowest BCUT2D eigenvalue weighted by Gasteiger charge is -2.34. The van der Waals surface area contributed by atoms with Crippen molar-refractivity contribution in [1.82, 2.24) is 0 Å². The SMILES string of the molecule is Cc1cc(C)cc(N2CCCC(CO)C2)c1. The largest absolute Gasteiger partial charge is 0.396 e. The van der Waals surface area contributed by atoms with Gasteiger partial charge in [0.2, 0.25) is 0 Å². The first-order valence-electron chi connectivity index (χ1n) is 6.13. The summed E-state index contributed by atoms with van der Waals surface area (Å²) in [5, 5.41) is 9.24. The Morgan fingerprint density at radius 3 is 2.56 bits per heavy atom. The molecule has 0 aromatic heterocycles. The summed E-state index contributed by atoms with van der Waals surface area (Å²) < 4.78 is 0. The van der Waals surface area contributed by atoms with Crippen LogP contribution in [0.15, 0.2) is 18.2 Å². The van der Waals surface area contributed by atoms with Gasteiger partial charge in [-0.1, -0.05) is 6.07 Å². The Morgan fingerprint density at radius 1 is 1.25 bits per heavy atom. The number of piperidine rings is 1. The molecule has 0 aliphatic carbocycles. The standard InChI is InChI=1S/C14H21NO/c1-11-6-12(2)8-14(7-11)15-5-3-4-13(9-15)10-16/h6-8,13,16H,3-5,9-10H2,1-2H3. The van der Waals surface area contributed by atoms with Crippen LogP contribution < -0.4 is 4.90 Å². The van der Waals surface area contributed by atoms with E-state index in [1.165, 1.54) is 23.2 Å².